The second-order valence-corrected chi connectivity index (χ2v) is 6.46. The number of methoxy groups -OCH3 is 2. The molecule has 1 aliphatic carbocycles. The summed E-state index contributed by atoms with van der Waals surface area (Å²) >= 11 is 6.22. The van der Waals surface area contributed by atoms with Gasteiger partial charge in [-0.2, -0.15) is 0 Å². The van der Waals surface area contributed by atoms with Crippen LogP contribution >= 0.6 is 11.6 Å². The summed E-state index contributed by atoms with van der Waals surface area (Å²) in [5.41, 5.74) is 3.73. The molecule has 3 nitrogen and oxygen atoms in total. The van der Waals surface area contributed by atoms with Crippen LogP contribution in [-0.4, -0.2) is 19.2 Å². The Morgan fingerprint density at radius 1 is 1.04 bits per heavy atom. The van der Waals surface area contributed by atoms with E-state index in [0.29, 0.717) is 0 Å². The van der Waals surface area contributed by atoms with Crippen molar-refractivity contribution in [1.29, 1.82) is 0 Å². The minimum Gasteiger partial charge on any atom is -0.493 e. The quantitative estimate of drug-likeness (QED) is 0.674. The van der Waals surface area contributed by atoms with Gasteiger partial charge in [0.1, 0.15) is 0 Å². The molecule has 0 radical (unpaired) electrons. The third-order valence-corrected chi connectivity index (χ3v) is 5.07. The number of nitrogens with zero attached hydrogens (tertiary/aromatic N) is 1. The van der Waals surface area contributed by atoms with Gasteiger partial charge in [-0.15, -0.1) is 0 Å². The van der Waals surface area contributed by atoms with Crippen LogP contribution in [0.15, 0.2) is 42.6 Å². The molecule has 1 atom stereocenters. The predicted molar refractivity (Wildman–Crippen MR) is 96.5 cm³/mol. The molecular weight excluding hydrogens is 322 g/mol. The van der Waals surface area contributed by atoms with Crippen molar-refractivity contribution in [3.8, 4) is 11.5 Å². The van der Waals surface area contributed by atoms with Gasteiger partial charge in [-0.25, -0.2) is 0 Å². The molecule has 4 rings (SSSR count). The number of fused-ring (bicyclic) bond motifs is 2. The molecule has 4 heteroatoms. The van der Waals surface area contributed by atoms with Crippen molar-refractivity contribution in [2.24, 2.45) is 0 Å². The Bertz CT molecular complexity index is 923. The first-order valence-electron chi connectivity index (χ1n) is 8.01. The van der Waals surface area contributed by atoms with Crippen LogP contribution in [0.2, 0.25) is 5.02 Å². The third kappa shape index (κ3) is 2.31. The van der Waals surface area contributed by atoms with Gasteiger partial charge in [-0.3, -0.25) is 4.98 Å². The van der Waals surface area contributed by atoms with Gasteiger partial charge in [-0.1, -0.05) is 17.7 Å². The number of aryl methyl sites for hydroxylation is 1. The highest BCUT2D eigenvalue weighted by molar-refractivity contribution is 6.30. The van der Waals surface area contributed by atoms with Crippen molar-refractivity contribution in [3.63, 3.8) is 0 Å². The van der Waals surface area contributed by atoms with Crippen molar-refractivity contribution >= 4 is 22.4 Å². The average Bonchev–Trinajstić information content (AvgIpc) is 3.02. The Kier molecular flexibility index (Phi) is 3.81. The van der Waals surface area contributed by atoms with Crippen LogP contribution in [0.5, 0.6) is 11.5 Å². The van der Waals surface area contributed by atoms with Crippen LogP contribution in [0.1, 0.15) is 29.2 Å². The van der Waals surface area contributed by atoms with E-state index in [1.54, 1.807) is 14.2 Å². The van der Waals surface area contributed by atoms with Gasteiger partial charge in [0.15, 0.2) is 11.5 Å². The zero-order valence-electron chi connectivity index (χ0n) is 13.7. The fourth-order valence-corrected chi connectivity index (χ4v) is 3.92. The van der Waals surface area contributed by atoms with Gasteiger partial charge < -0.3 is 9.47 Å². The Morgan fingerprint density at radius 2 is 1.92 bits per heavy atom. The van der Waals surface area contributed by atoms with Gasteiger partial charge >= 0.3 is 0 Å². The van der Waals surface area contributed by atoms with Gasteiger partial charge in [0.05, 0.1) is 19.9 Å². The van der Waals surface area contributed by atoms with E-state index in [2.05, 4.69) is 18.2 Å². The molecule has 0 spiro atoms. The van der Waals surface area contributed by atoms with Crippen molar-refractivity contribution in [2.45, 2.75) is 18.8 Å². The van der Waals surface area contributed by atoms with Crippen LogP contribution in [-0.2, 0) is 6.42 Å². The molecule has 0 amide bonds. The molecule has 3 aromatic rings. The van der Waals surface area contributed by atoms with Gasteiger partial charge in [0, 0.05) is 27.9 Å². The smallest absolute Gasteiger partial charge is 0.168 e. The highest BCUT2D eigenvalue weighted by Gasteiger charge is 2.27. The summed E-state index contributed by atoms with van der Waals surface area (Å²) in [6, 6.07) is 12.2. The Hall–Kier alpha value is -2.26. The maximum Gasteiger partial charge on any atom is 0.168 e. The van der Waals surface area contributed by atoms with E-state index in [-0.39, 0.29) is 5.92 Å². The summed E-state index contributed by atoms with van der Waals surface area (Å²) in [5, 5.41) is 2.91. The zero-order chi connectivity index (χ0) is 16.7. The maximum atomic E-state index is 6.22. The summed E-state index contributed by atoms with van der Waals surface area (Å²) in [4.78, 5) is 4.71. The molecular formula is C20H18ClNO2. The first-order chi connectivity index (χ1) is 11.7. The summed E-state index contributed by atoms with van der Waals surface area (Å²) < 4.78 is 11.0. The van der Waals surface area contributed by atoms with Crippen molar-refractivity contribution in [2.75, 3.05) is 14.2 Å². The highest BCUT2D eigenvalue weighted by Crippen LogP contribution is 2.43. The zero-order valence-corrected chi connectivity index (χ0v) is 14.4. The van der Waals surface area contributed by atoms with Crippen LogP contribution in [0.25, 0.3) is 10.8 Å². The van der Waals surface area contributed by atoms with Crippen LogP contribution in [0, 0.1) is 0 Å². The van der Waals surface area contributed by atoms with E-state index in [9.17, 15) is 0 Å². The lowest BCUT2D eigenvalue weighted by Gasteiger charge is -2.17. The van der Waals surface area contributed by atoms with E-state index >= 15 is 0 Å². The summed E-state index contributed by atoms with van der Waals surface area (Å²) in [6.45, 7) is 0. The molecule has 2 aromatic carbocycles. The van der Waals surface area contributed by atoms with Gasteiger partial charge in [0.25, 0.3) is 0 Å². The van der Waals surface area contributed by atoms with Crippen molar-refractivity contribution in [3.05, 3.63) is 64.4 Å². The average molecular weight is 340 g/mol. The fraction of sp³-hybridized carbons (Fsp3) is 0.250. The van der Waals surface area contributed by atoms with Gasteiger partial charge in [-0.05, 0) is 54.3 Å². The number of halogens is 1. The Morgan fingerprint density at radius 3 is 2.71 bits per heavy atom. The number of ether oxygens (including phenoxy) is 2. The number of hydrogen-bond donors (Lipinski definition) is 0. The third-order valence-electron chi connectivity index (χ3n) is 4.83. The second-order valence-electron chi connectivity index (χ2n) is 6.03. The molecule has 122 valence electrons. The standard InChI is InChI=1S/C20H18ClNO2/c1-23-18-8-7-14-16(20(18)24-2)9-10-22-19(14)15-6-4-12-3-5-13(21)11-17(12)15/h3,5,7-11,15H,4,6H2,1-2H3/t15-/m1/s1. The minimum atomic E-state index is 0.264. The number of aromatic nitrogens is 1. The first-order valence-corrected chi connectivity index (χ1v) is 8.38. The normalized spacial score (nSPS) is 16.2. The molecule has 0 fully saturated rings. The lowest BCUT2D eigenvalue weighted by Crippen LogP contribution is -2.02. The van der Waals surface area contributed by atoms with E-state index < -0.39 is 0 Å². The van der Waals surface area contributed by atoms with Crippen molar-refractivity contribution < 1.29 is 9.47 Å². The minimum absolute atomic E-state index is 0.264. The molecule has 1 aliphatic rings. The molecule has 0 N–H and O–H groups in total. The predicted octanol–water partition coefficient (Wildman–Crippen LogP) is 4.98. The largest absolute Gasteiger partial charge is 0.493 e. The molecule has 0 saturated heterocycles. The maximum absolute atomic E-state index is 6.22. The molecule has 24 heavy (non-hydrogen) atoms. The number of rotatable bonds is 3. The van der Waals surface area contributed by atoms with E-state index in [4.69, 9.17) is 26.1 Å². The van der Waals surface area contributed by atoms with Crippen LogP contribution in [0.4, 0.5) is 0 Å². The second kappa shape index (κ2) is 5.99. The molecule has 0 saturated carbocycles. The number of benzene rings is 2. The van der Waals surface area contributed by atoms with Crippen LogP contribution < -0.4 is 9.47 Å². The monoisotopic (exact) mass is 339 g/mol. The molecule has 1 aromatic heterocycles. The summed E-state index contributed by atoms with van der Waals surface area (Å²) in [5.74, 6) is 1.75. The molecule has 0 bridgehead atoms. The number of hydrogen-bond acceptors (Lipinski definition) is 3. The van der Waals surface area contributed by atoms with Crippen LogP contribution in [0.3, 0.4) is 0 Å². The first kappa shape index (κ1) is 15.3. The highest BCUT2D eigenvalue weighted by atomic mass is 35.5. The Labute approximate surface area is 146 Å². The summed E-state index contributed by atoms with van der Waals surface area (Å²) in [7, 11) is 3.32. The topological polar surface area (TPSA) is 31.4 Å². The number of pyridine rings is 1. The summed E-state index contributed by atoms with van der Waals surface area (Å²) in [6.07, 6.45) is 3.96. The molecule has 0 unspecified atom stereocenters. The van der Waals surface area contributed by atoms with E-state index in [1.807, 2.05) is 24.4 Å². The SMILES string of the molecule is COc1ccc2c([C@@H]3CCc4ccc(Cl)cc43)nccc2c1OC. The Balaban J connectivity index is 1.92. The van der Waals surface area contributed by atoms with E-state index in [0.717, 1.165) is 45.8 Å². The van der Waals surface area contributed by atoms with Gasteiger partial charge in [0.2, 0.25) is 0 Å². The molecule has 1 heterocycles. The fourth-order valence-electron chi connectivity index (χ4n) is 3.74. The lowest BCUT2D eigenvalue weighted by atomic mass is 9.93. The lowest BCUT2D eigenvalue weighted by molar-refractivity contribution is 0.358. The van der Waals surface area contributed by atoms with Crippen molar-refractivity contribution in [1.82, 2.24) is 4.98 Å². The molecule has 0 aliphatic heterocycles. The van der Waals surface area contributed by atoms with E-state index in [1.165, 1.54) is 11.1 Å².